The molecule has 0 aromatic heterocycles. The molecule has 1 aliphatic rings. The van der Waals surface area contributed by atoms with E-state index < -0.39 is 0 Å². The van der Waals surface area contributed by atoms with Crippen molar-refractivity contribution in [1.82, 2.24) is 0 Å². The van der Waals surface area contributed by atoms with E-state index in [4.69, 9.17) is 0 Å². The third kappa shape index (κ3) is 2.29. The fourth-order valence-electron chi connectivity index (χ4n) is 1.56. The minimum atomic E-state index is -0.376. The molecular formula is C10H16O3. The van der Waals surface area contributed by atoms with E-state index in [2.05, 4.69) is 25.5 Å². The lowest BCUT2D eigenvalue weighted by Gasteiger charge is -2.21. The molecule has 13 heavy (non-hydrogen) atoms. The lowest BCUT2D eigenvalue weighted by molar-refractivity contribution is -0.153. The smallest absolute Gasteiger partial charge is 0.317 e. The van der Waals surface area contributed by atoms with Crippen molar-refractivity contribution in [3.8, 4) is 0 Å². The van der Waals surface area contributed by atoms with Crippen molar-refractivity contribution in [3.63, 3.8) is 0 Å². The summed E-state index contributed by atoms with van der Waals surface area (Å²) in [5.74, 6) is -1.24. The van der Waals surface area contributed by atoms with Gasteiger partial charge in [0.15, 0.2) is 0 Å². The summed E-state index contributed by atoms with van der Waals surface area (Å²) >= 11 is 0. The van der Waals surface area contributed by atoms with E-state index in [1.807, 2.05) is 0 Å². The summed E-state index contributed by atoms with van der Waals surface area (Å²) in [7, 11) is 0. The van der Waals surface area contributed by atoms with Crippen LogP contribution in [0.5, 0.6) is 0 Å². The van der Waals surface area contributed by atoms with Crippen LogP contribution in [0.25, 0.3) is 0 Å². The van der Waals surface area contributed by atoms with Gasteiger partial charge in [0.25, 0.3) is 0 Å². The van der Waals surface area contributed by atoms with Crippen LogP contribution in [0, 0.1) is 17.3 Å². The summed E-state index contributed by atoms with van der Waals surface area (Å²) in [6, 6.07) is 0. The predicted molar refractivity (Wildman–Crippen MR) is 47.8 cm³/mol. The number of rotatable bonds is 1. The van der Waals surface area contributed by atoms with Crippen molar-refractivity contribution in [2.45, 2.75) is 34.1 Å². The molecule has 0 spiro atoms. The number of cyclic esters (lactones) is 2. The van der Waals surface area contributed by atoms with Crippen LogP contribution in [-0.2, 0) is 14.3 Å². The average molecular weight is 184 g/mol. The van der Waals surface area contributed by atoms with Crippen LogP contribution >= 0.6 is 0 Å². The molecule has 1 saturated heterocycles. The number of esters is 2. The van der Waals surface area contributed by atoms with Gasteiger partial charge in [-0.25, -0.2) is 0 Å². The monoisotopic (exact) mass is 184 g/mol. The topological polar surface area (TPSA) is 43.4 Å². The van der Waals surface area contributed by atoms with Gasteiger partial charge >= 0.3 is 11.9 Å². The van der Waals surface area contributed by atoms with Gasteiger partial charge in [-0.3, -0.25) is 9.59 Å². The highest BCUT2D eigenvalue weighted by Crippen LogP contribution is 2.33. The van der Waals surface area contributed by atoms with Gasteiger partial charge in [-0.15, -0.1) is 0 Å². The average Bonchev–Trinajstić information content (AvgIpc) is 2.14. The Labute approximate surface area is 78.5 Å². The SMILES string of the molecule is CC1C(=O)OC(=O)C1CC(C)(C)C. The van der Waals surface area contributed by atoms with Crippen LogP contribution in [0.2, 0.25) is 0 Å². The summed E-state index contributed by atoms with van der Waals surface area (Å²) in [4.78, 5) is 22.3. The second-order valence-electron chi connectivity index (χ2n) is 4.90. The van der Waals surface area contributed by atoms with E-state index in [1.54, 1.807) is 6.92 Å². The van der Waals surface area contributed by atoms with Gasteiger partial charge in [0, 0.05) is 0 Å². The van der Waals surface area contributed by atoms with Crippen molar-refractivity contribution >= 4 is 11.9 Å². The molecule has 0 radical (unpaired) electrons. The zero-order valence-corrected chi connectivity index (χ0v) is 8.59. The first-order valence-electron chi connectivity index (χ1n) is 4.57. The van der Waals surface area contributed by atoms with Crippen LogP contribution in [0.15, 0.2) is 0 Å². The number of hydrogen-bond donors (Lipinski definition) is 0. The normalized spacial score (nSPS) is 29.2. The van der Waals surface area contributed by atoms with E-state index in [0.29, 0.717) is 6.42 Å². The third-order valence-electron chi connectivity index (χ3n) is 2.31. The summed E-state index contributed by atoms with van der Waals surface area (Å²) in [6.07, 6.45) is 0.707. The number of hydrogen-bond acceptors (Lipinski definition) is 3. The predicted octanol–water partition coefficient (Wildman–Crippen LogP) is 1.76. The number of carbonyl (C=O) groups excluding carboxylic acids is 2. The molecule has 0 aliphatic carbocycles. The van der Waals surface area contributed by atoms with Crippen LogP contribution < -0.4 is 0 Å². The third-order valence-corrected chi connectivity index (χ3v) is 2.31. The molecule has 0 N–H and O–H groups in total. The van der Waals surface area contributed by atoms with Gasteiger partial charge in [0.05, 0.1) is 11.8 Å². The van der Waals surface area contributed by atoms with E-state index >= 15 is 0 Å². The quantitative estimate of drug-likeness (QED) is 0.460. The number of carbonyl (C=O) groups is 2. The molecule has 1 heterocycles. The molecule has 2 unspecified atom stereocenters. The van der Waals surface area contributed by atoms with E-state index in [-0.39, 0.29) is 29.2 Å². The fourth-order valence-corrected chi connectivity index (χ4v) is 1.56. The molecule has 0 amide bonds. The molecule has 3 nitrogen and oxygen atoms in total. The summed E-state index contributed by atoms with van der Waals surface area (Å²) in [6.45, 7) is 7.91. The first-order chi connectivity index (χ1) is 5.81. The zero-order valence-electron chi connectivity index (χ0n) is 8.59. The van der Waals surface area contributed by atoms with Gasteiger partial charge in [-0.2, -0.15) is 0 Å². The minimum absolute atomic E-state index is 0.0581. The van der Waals surface area contributed by atoms with Gasteiger partial charge in [-0.1, -0.05) is 27.7 Å². The first-order valence-corrected chi connectivity index (χ1v) is 4.57. The minimum Gasteiger partial charge on any atom is -0.393 e. The zero-order chi connectivity index (χ0) is 10.2. The maximum absolute atomic E-state index is 11.2. The highest BCUT2D eigenvalue weighted by atomic mass is 16.6. The molecule has 0 saturated carbocycles. The summed E-state index contributed by atoms with van der Waals surface area (Å²) in [5.41, 5.74) is 0.0581. The van der Waals surface area contributed by atoms with Crippen molar-refractivity contribution in [2.24, 2.45) is 17.3 Å². The molecule has 3 heteroatoms. The lowest BCUT2D eigenvalue weighted by atomic mass is 9.80. The van der Waals surface area contributed by atoms with Crippen LogP contribution in [0.1, 0.15) is 34.1 Å². The van der Waals surface area contributed by atoms with Crippen LogP contribution in [0.4, 0.5) is 0 Å². The Balaban J connectivity index is 2.70. The molecule has 2 atom stereocenters. The highest BCUT2D eigenvalue weighted by molar-refractivity contribution is 5.96. The van der Waals surface area contributed by atoms with Gasteiger partial charge in [-0.05, 0) is 11.8 Å². The van der Waals surface area contributed by atoms with E-state index in [1.165, 1.54) is 0 Å². The summed E-state index contributed by atoms with van der Waals surface area (Å²) in [5, 5.41) is 0. The lowest BCUT2D eigenvalue weighted by Crippen LogP contribution is -2.21. The molecule has 1 aliphatic heterocycles. The van der Waals surface area contributed by atoms with Crippen LogP contribution in [-0.4, -0.2) is 11.9 Å². The van der Waals surface area contributed by atoms with E-state index in [9.17, 15) is 9.59 Å². The molecule has 1 fully saturated rings. The standard InChI is InChI=1S/C10H16O3/c1-6-7(5-10(2,3)4)9(12)13-8(6)11/h6-7H,5H2,1-4H3. The van der Waals surface area contributed by atoms with Crippen LogP contribution in [0.3, 0.4) is 0 Å². The van der Waals surface area contributed by atoms with Crippen molar-refractivity contribution in [2.75, 3.05) is 0 Å². The van der Waals surface area contributed by atoms with Crippen molar-refractivity contribution in [3.05, 3.63) is 0 Å². The van der Waals surface area contributed by atoms with Gasteiger partial charge in [0.1, 0.15) is 0 Å². The second kappa shape index (κ2) is 3.13. The Morgan fingerprint density at radius 2 is 1.77 bits per heavy atom. The Morgan fingerprint density at radius 3 is 2.08 bits per heavy atom. The number of ether oxygens (including phenoxy) is 1. The van der Waals surface area contributed by atoms with Crippen molar-refractivity contribution in [1.29, 1.82) is 0 Å². The van der Waals surface area contributed by atoms with Gasteiger partial charge < -0.3 is 4.74 Å². The maximum atomic E-state index is 11.2. The molecule has 1 rings (SSSR count). The summed E-state index contributed by atoms with van der Waals surface area (Å²) < 4.78 is 4.55. The molecule has 0 bridgehead atoms. The molecular weight excluding hydrogens is 168 g/mol. The fraction of sp³-hybridized carbons (Fsp3) is 0.800. The van der Waals surface area contributed by atoms with E-state index in [0.717, 1.165) is 0 Å². The Morgan fingerprint density at radius 1 is 1.23 bits per heavy atom. The Hall–Kier alpha value is -0.860. The largest absolute Gasteiger partial charge is 0.393 e. The maximum Gasteiger partial charge on any atom is 0.317 e. The van der Waals surface area contributed by atoms with Gasteiger partial charge in [0.2, 0.25) is 0 Å². The first kappa shape index (κ1) is 10.2. The molecule has 74 valence electrons. The highest BCUT2D eigenvalue weighted by Gasteiger charge is 2.42. The Bertz CT molecular complexity index is 237. The van der Waals surface area contributed by atoms with Crippen molar-refractivity contribution < 1.29 is 14.3 Å². The Kier molecular flexibility index (Phi) is 2.46. The second-order valence-corrected chi connectivity index (χ2v) is 4.90. The molecule has 0 aromatic rings. The molecule has 0 aromatic carbocycles.